The molecule has 1 rings (SSSR count). The summed E-state index contributed by atoms with van der Waals surface area (Å²) in [6.07, 6.45) is 1.01. The van der Waals surface area contributed by atoms with Gasteiger partial charge in [-0.15, -0.1) is 0 Å². The first kappa shape index (κ1) is 17.2. The van der Waals surface area contributed by atoms with Crippen molar-refractivity contribution in [2.45, 2.75) is 26.3 Å². The Morgan fingerprint density at radius 2 is 2.00 bits per heavy atom. The fraction of sp³-hybridized carbons (Fsp3) is 0.571. The molecule has 1 N–H and O–H groups in total. The molecule has 1 atom stereocenters. The van der Waals surface area contributed by atoms with E-state index in [1.54, 1.807) is 12.1 Å². The van der Waals surface area contributed by atoms with Gasteiger partial charge in [-0.2, -0.15) is 0 Å². The molecule has 0 aliphatic rings. The molecule has 0 bridgehead atoms. The Balaban J connectivity index is 2.65. The molecule has 112 valence electrons. The van der Waals surface area contributed by atoms with E-state index in [9.17, 15) is 4.79 Å². The lowest BCUT2D eigenvalue weighted by atomic mass is 10.0. The van der Waals surface area contributed by atoms with Gasteiger partial charge >= 0.3 is 0 Å². The fourth-order valence-corrected chi connectivity index (χ4v) is 2.34. The van der Waals surface area contributed by atoms with Crippen LogP contribution >= 0.6 is 23.2 Å². The number of likely N-dealkylation sites (N-methyl/N-ethyl adjacent to an activating group) is 1. The first-order valence-corrected chi connectivity index (χ1v) is 7.33. The Labute approximate surface area is 130 Å². The molecule has 0 saturated carbocycles. The zero-order chi connectivity index (χ0) is 15.3. The molecule has 1 amide bonds. The van der Waals surface area contributed by atoms with Crippen molar-refractivity contribution in [2.24, 2.45) is 5.92 Å². The molecule has 0 spiro atoms. The lowest BCUT2D eigenvalue weighted by molar-refractivity contribution is 0.0938. The van der Waals surface area contributed by atoms with Crippen LogP contribution in [0.25, 0.3) is 0 Å². The average molecular weight is 318 g/mol. The van der Waals surface area contributed by atoms with Gasteiger partial charge in [0.25, 0.3) is 5.91 Å². The second-order valence-corrected chi connectivity index (χ2v) is 6.17. The molecule has 1 heterocycles. The number of pyridine rings is 1. The van der Waals surface area contributed by atoms with Crippen LogP contribution in [0.5, 0.6) is 0 Å². The summed E-state index contributed by atoms with van der Waals surface area (Å²) in [7, 11) is 4.02. The van der Waals surface area contributed by atoms with Crippen LogP contribution < -0.4 is 5.32 Å². The summed E-state index contributed by atoms with van der Waals surface area (Å²) < 4.78 is 0. The summed E-state index contributed by atoms with van der Waals surface area (Å²) >= 11 is 11.6. The van der Waals surface area contributed by atoms with Gasteiger partial charge in [0.2, 0.25) is 0 Å². The monoisotopic (exact) mass is 317 g/mol. The Kier molecular flexibility index (Phi) is 6.72. The summed E-state index contributed by atoms with van der Waals surface area (Å²) in [4.78, 5) is 18.1. The lowest BCUT2D eigenvalue weighted by Crippen LogP contribution is -2.41. The van der Waals surface area contributed by atoms with Crippen LogP contribution in [0.3, 0.4) is 0 Å². The maximum absolute atomic E-state index is 12.1. The first-order chi connectivity index (χ1) is 9.31. The maximum atomic E-state index is 12.1. The van der Waals surface area contributed by atoms with Gasteiger partial charge in [0, 0.05) is 12.6 Å². The molecule has 20 heavy (non-hydrogen) atoms. The van der Waals surface area contributed by atoms with Crippen LogP contribution in [-0.4, -0.2) is 42.5 Å². The topological polar surface area (TPSA) is 45.2 Å². The Morgan fingerprint density at radius 1 is 1.35 bits per heavy atom. The van der Waals surface area contributed by atoms with Crippen LogP contribution in [0.15, 0.2) is 12.1 Å². The van der Waals surface area contributed by atoms with Crippen LogP contribution in [0, 0.1) is 5.92 Å². The molecule has 0 aliphatic heterocycles. The zero-order valence-electron chi connectivity index (χ0n) is 12.3. The number of amides is 1. The highest BCUT2D eigenvalue weighted by Crippen LogP contribution is 2.16. The van der Waals surface area contributed by atoms with Crippen molar-refractivity contribution in [1.82, 2.24) is 15.2 Å². The van der Waals surface area contributed by atoms with E-state index in [-0.39, 0.29) is 22.3 Å². The quantitative estimate of drug-likeness (QED) is 0.820. The minimum absolute atomic E-state index is 0.125. The predicted molar refractivity (Wildman–Crippen MR) is 83.5 cm³/mol. The van der Waals surface area contributed by atoms with E-state index in [0.29, 0.717) is 18.0 Å². The molecule has 1 aromatic rings. The first-order valence-electron chi connectivity index (χ1n) is 6.58. The number of nitrogens with one attached hydrogen (secondary N) is 1. The molecular formula is C14H21Cl2N3O. The zero-order valence-corrected chi connectivity index (χ0v) is 13.8. The number of nitrogens with zero attached hydrogens (tertiary/aromatic N) is 2. The van der Waals surface area contributed by atoms with Gasteiger partial charge in [0.1, 0.15) is 10.3 Å². The normalized spacial score (nSPS) is 12.8. The molecule has 0 saturated heterocycles. The predicted octanol–water partition coefficient (Wildman–Crippen LogP) is 3.09. The largest absolute Gasteiger partial charge is 0.350 e. The van der Waals surface area contributed by atoms with Crippen LogP contribution in [0.2, 0.25) is 10.3 Å². The minimum Gasteiger partial charge on any atom is -0.350 e. The van der Waals surface area contributed by atoms with E-state index in [1.165, 1.54) is 0 Å². The third-order valence-corrected chi connectivity index (χ3v) is 3.53. The molecule has 0 aliphatic carbocycles. The van der Waals surface area contributed by atoms with E-state index in [2.05, 4.69) is 29.0 Å². The maximum Gasteiger partial charge on any atom is 0.254 e. The van der Waals surface area contributed by atoms with Gasteiger partial charge < -0.3 is 10.2 Å². The number of hydrogen-bond donors (Lipinski definition) is 1. The number of rotatable bonds is 6. The van der Waals surface area contributed by atoms with Crippen molar-refractivity contribution in [3.63, 3.8) is 0 Å². The summed E-state index contributed by atoms with van der Waals surface area (Å²) in [5.41, 5.74) is 0.345. The smallest absolute Gasteiger partial charge is 0.254 e. The minimum atomic E-state index is -0.227. The summed E-state index contributed by atoms with van der Waals surface area (Å²) in [6.45, 7) is 4.90. The van der Waals surface area contributed by atoms with E-state index in [4.69, 9.17) is 23.2 Å². The highest BCUT2D eigenvalue weighted by molar-refractivity contribution is 6.34. The van der Waals surface area contributed by atoms with Crippen molar-refractivity contribution in [1.29, 1.82) is 0 Å². The van der Waals surface area contributed by atoms with E-state index in [0.717, 1.165) is 6.42 Å². The van der Waals surface area contributed by atoms with E-state index < -0.39 is 0 Å². The molecule has 6 heteroatoms. The third-order valence-electron chi connectivity index (χ3n) is 3.03. The third kappa shape index (κ3) is 5.27. The Morgan fingerprint density at radius 3 is 2.50 bits per heavy atom. The molecule has 0 aromatic carbocycles. The fourth-order valence-electron chi connectivity index (χ4n) is 1.91. The van der Waals surface area contributed by atoms with Gasteiger partial charge in [-0.1, -0.05) is 37.0 Å². The number of carbonyl (C=O) groups excluding carboxylic acids is 1. The molecule has 1 unspecified atom stereocenters. The van der Waals surface area contributed by atoms with Crippen molar-refractivity contribution < 1.29 is 4.79 Å². The molecular weight excluding hydrogens is 297 g/mol. The van der Waals surface area contributed by atoms with Crippen molar-refractivity contribution in [3.05, 3.63) is 28.0 Å². The lowest BCUT2D eigenvalue weighted by Gasteiger charge is -2.26. The molecule has 4 nitrogen and oxygen atoms in total. The number of hydrogen-bond acceptors (Lipinski definition) is 3. The second kappa shape index (κ2) is 7.81. The summed E-state index contributed by atoms with van der Waals surface area (Å²) in [5.74, 6) is 0.342. The number of carbonyl (C=O) groups is 1. The van der Waals surface area contributed by atoms with E-state index in [1.807, 2.05) is 14.1 Å². The highest BCUT2D eigenvalue weighted by atomic mass is 35.5. The number of halogens is 2. The Bertz CT molecular complexity index is 464. The van der Waals surface area contributed by atoms with Crippen LogP contribution in [0.1, 0.15) is 30.6 Å². The SMILES string of the molecule is CC(C)CC(CNC(=O)c1ccc(Cl)nc1Cl)N(C)C. The van der Waals surface area contributed by atoms with Gasteiger partial charge in [-0.25, -0.2) is 4.98 Å². The summed E-state index contributed by atoms with van der Waals surface area (Å²) in [5, 5.41) is 3.30. The summed E-state index contributed by atoms with van der Waals surface area (Å²) in [6, 6.07) is 3.43. The van der Waals surface area contributed by atoms with Crippen molar-refractivity contribution in [2.75, 3.05) is 20.6 Å². The number of aromatic nitrogens is 1. The van der Waals surface area contributed by atoms with Gasteiger partial charge in [0.15, 0.2) is 0 Å². The van der Waals surface area contributed by atoms with Gasteiger partial charge in [0.05, 0.1) is 5.56 Å². The average Bonchev–Trinajstić information content (AvgIpc) is 2.33. The molecule has 1 aromatic heterocycles. The van der Waals surface area contributed by atoms with Crippen LogP contribution in [0.4, 0.5) is 0 Å². The van der Waals surface area contributed by atoms with Crippen LogP contribution in [-0.2, 0) is 0 Å². The highest BCUT2D eigenvalue weighted by Gasteiger charge is 2.17. The van der Waals surface area contributed by atoms with Gasteiger partial charge in [-0.05, 0) is 38.6 Å². The molecule has 0 fully saturated rings. The standard InChI is InChI=1S/C14H21Cl2N3O/c1-9(2)7-10(19(3)4)8-17-14(20)11-5-6-12(15)18-13(11)16/h5-6,9-10H,7-8H2,1-4H3,(H,17,20). The van der Waals surface area contributed by atoms with Crippen molar-refractivity contribution >= 4 is 29.1 Å². The Hall–Kier alpha value is -0.840. The molecule has 0 radical (unpaired) electrons. The van der Waals surface area contributed by atoms with E-state index >= 15 is 0 Å². The van der Waals surface area contributed by atoms with Crippen molar-refractivity contribution in [3.8, 4) is 0 Å². The second-order valence-electron chi connectivity index (χ2n) is 5.43. The van der Waals surface area contributed by atoms with Gasteiger partial charge in [-0.3, -0.25) is 4.79 Å².